The summed E-state index contributed by atoms with van der Waals surface area (Å²) in [4.78, 5) is 21.4. The van der Waals surface area contributed by atoms with Gasteiger partial charge in [0, 0.05) is 12.3 Å². The third kappa shape index (κ3) is 7.09. The molecule has 0 aliphatic carbocycles. The molecule has 0 aliphatic rings. The number of hydrogen-bond acceptors (Lipinski definition) is 3. The molecule has 0 saturated heterocycles. The number of carbonyl (C=O) groups excluding carboxylic acids is 1. The molecular weight excluding hydrogens is 328 g/mol. The van der Waals surface area contributed by atoms with Crippen LogP contribution in [0.25, 0.3) is 0 Å². The maximum absolute atomic E-state index is 10.8. The summed E-state index contributed by atoms with van der Waals surface area (Å²) in [5.41, 5.74) is 1.25. The van der Waals surface area contributed by atoms with Crippen molar-refractivity contribution in [2.45, 2.75) is 52.1 Å². The van der Waals surface area contributed by atoms with E-state index in [4.69, 9.17) is 9.84 Å². The first-order chi connectivity index (χ1) is 12.0. The second-order valence-corrected chi connectivity index (χ2v) is 7.29. The lowest BCUT2D eigenvalue weighted by Gasteiger charge is -2.24. The van der Waals surface area contributed by atoms with Crippen molar-refractivity contribution in [3.63, 3.8) is 0 Å². The highest BCUT2D eigenvalue weighted by molar-refractivity contribution is 5.68. The summed E-state index contributed by atoms with van der Waals surface area (Å²) >= 11 is 0. The molecule has 0 heterocycles. The fourth-order valence-corrected chi connectivity index (χ4v) is 2.63. The van der Waals surface area contributed by atoms with Crippen molar-refractivity contribution in [1.29, 1.82) is 0 Å². The Bertz CT molecular complexity index is 640. The highest BCUT2D eigenvalue weighted by Gasteiger charge is 2.23. The van der Waals surface area contributed by atoms with Gasteiger partial charge in [-0.3, -0.25) is 9.59 Å². The van der Waals surface area contributed by atoms with E-state index in [9.17, 15) is 9.59 Å². The number of hydrogen-bond donors (Lipinski definition) is 1. The summed E-state index contributed by atoms with van der Waals surface area (Å²) in [5.74, 6) is -1.01. The van der Waals surface area contributed by atoms with E-state index in [2.05, 4.69) is 0 Å². The molecule has 4 heteroatoms. The molecule has 26 heavy (non-hydrogen) atoms. The monoisotopic (exact) mass is 356 g/mol. The van der Waals surface area contributed by atoms with Gasteiger partial charge in [-0.1, -0.05) is 74.5 Å². The largest absolute Gasteiger partial charge is 0.481 e. The molecule has 0 aromatic heterocycles. The Morgan fingerprint density at radius 3 is 1.65 bits per heavy atom. The van der Waals surface area contributed by atoms with Gasteiger partial charge in [-0.2, -0.15) is 0 Å². The fourth-order valence-electron chi connectivity index (χ4n) is 2.63. The van der Waals surface area contributed by atoms with Crippen molar-refractivity contribution in [2.75, 3.05) is 0 Å². The van der Waals surface area contributed by atoms with Crippen LogP contribution in [-0.2, 0) is 25.3 Å². The van der Waals surface area contributed by atoms with Gasteiger partial charge in [0.1, 0.15) is 5.60 Å². The molecule has 2 aromatic carbocycles. The molecule has 2 rings (SSSR count). The minimum absolute atomic E-state index is 0.164. The Morgan fingerprint density at radius 2 is 1.27 bits per heavy atom. The summed E-state index contributed by atoms with van der Waals surface area (Å²) in [6, 6.07) is 19.4. The van der Waals surface area contributed by atoms with Crippen molar-refractivity contribution in [2.24, 2.45) is 0 Å². The van der Waals surface area contributed by atoms with Crippen molar-refractivity contribution >= 4 is 11.9 Å². The maximum Gasteiger partial charge on any atom is 0.304 e. The van der Waals surface area contributed by atoms with Gasteiger partial charge in [-0.25, -0.2) is 0 Å². The van der Waals surface area contributed by atoms with Gasteiger partial charge in [-0.05, 0) is 25.0 Å². The second-order valence-electron chi connectivity index (χ2n) is 7.29. The number of ether oxygens (including phenoxy) is 1. The van der Waals surface area contributed by atoms with Crippen molar-refractivity contribution in [3.05, 3.63) is 71.8 Å². The fraction of sp³-hybridized carbons (Fsp3) is 0.364. The molecule has 0 bridgehead atoms. The molecule has 140 valence electrons. The molecule has 0 spiro atoms. The Kier molecular flexibility index (Phi) is 7.56. The molecule has 1 N–H and O–H groups in total. The summed E-state index contributed by atoms with van der Waals surface area (Å²) in [7, 11) is 0. The van der Waals surface area contributed by atoms with Gasteiger partial charge in [0.2, 0.25) is 0 Å². The smallest absolute Gasteiger partial charge is 0.304 e. The van der Waals surface area contributed by atoms with E-state index in [1.165, 1.54) is 6.92 Å². The van der Waals surface area contributed by atoms with Gasteiger partial charge < -0.3 is 9.84 Å². The summed E-state index contributed by atoms with van der Waals surface area (Å²) in [6.07, 6.45) is 0.164. The molecule has 0 aliphatic heterocycles. The van der Waals surface area contributed by atoms with Crippen LogP contribution in [0, 0.1) is 0 Å². The zero-order valence-electron chi connectivity index (χ0n) is 16.2. The van der Waals surface area contributed by atoms with Crippen molar-refractivity contribution in [3.8, 4) is 0 Å². The molecule has 0 amide bonds. The summed E-state index contributed by atoms with van der Waals surface area (Å²) in [5, 5.41) is 8.71. The molecule has 4 nitrogen and oxygen atoms in total. The number of carbonyl (C=O) groups is 2. The number of benzene rings is 2. The van der Waals surface area contributed by atoms with Crippen molar-refractivity contribution in [1.82, 2.24) is 0 Å². The van der Waals surface area contributed by atoms with E-state index in [1.807, 2.05) is 88.4 Å². The first-order valence-corrected chi connectivity index (χ1v) is 8.57. The van der Waals surface area contributed by atoms with E-state index < -0.39 is 11.6 Å². The first kappa shape index (κ1) is 21.4. The SMILES string of the molecule is CC(=O)OC(C)(C)c1ccccc1.CC(C)(CC(=O)O)c1ccccc1. The molecule has 0 atom stereocenters. The molecule has 0 saturated carbocycles. The van der Waals surface area contributed by atoms with Gasteiger partial charge in [0.05, 0.1) is 6.42 Å². The average molecular weight is 356 g/mol. The van der Waals surface area contributed by atoms with Gasteiger partial charge in [0.25, 0.3) is 0 Å². The predicted octanol–water partition coefficient (Wildman–Crippen LogP) is 4.92. The zero-order valence-corrected chi connectivity index (χ0v) is 16.2. The normalized spacial score (nSPS) is 11.1. The standard InChI is InChI=1S/2C11H14O2/c1-9(12)13-11(2,3)10-7-5-4-6-8-10;1-11(2,8-10(12)13)9-6-4-3-5-7-9/h4-8H,1-3H3;3-7H,8H2,1-2H3,(H,12,13). The quantitative estimate of drug-likeness (QED) is 0.772. The molecule has 2 aromatic rings. The van der Waals surface area contributed by atoms with Crippen LogP contribution >= 0.6 is 0 Å². The number of carboxylic acids is 1. The number of carboxylic acid groups (broad SMARTS) is 1. The van der Waals surface area contributed by atoms with Crippen LogP contribution in [0.4, 0.5) is 0 Å². The number of rotatable bonds is 5. The highest BCUT2D eigenvalue weighted by atomic mass is 16.6. The van der Waals surface area contributed by atoms with Gasteiger partial charge in [0.15, 0.2) is 0 Å². The van der Waals surface area contributed by atoms with Gasteiger partial charge in [-0.15, -0.1) is 0 Å². The molecular formula is C22H28O4. The summed E-state index contributed by atoms with van der Waals surface area (Å²) in [6.45, 7) is 9.06. The van der Waals surface area contributed by atoms with E-state index in [0.29, 0.717) is 0 Å². The maximum atomic E-state index is 10.8. The first-order valence-electron chi connectivity index (χ1n) is 8.57. The van der Waals surface area contributed by atoms with Crippen LogP contribution in [0.1, 0.15) is 52.2 Å². The van der Waals surface area contributed by atoms with Crippen LogP contribution in [0.2, 0.25) is 0 Å². The molecule has 0 radical (unpaired) electrons. The molecule has 0 fully saturated rings. The van der Waals surface area contributed by atoms with E-state index >= 15 is 0 Å². The van der Waals surface area contributed by atoms with Crippen LogP contribution in [0.3, 0.4) is 0 Å². The number of aliphatic carboxylic acids is 1. The van der Waals surface area contributed by atoms with E-state index in [1.54, 1.807) is 0 Å². The Balaban J connectivity index is 0.000000260. The van der Waals surface area contributed by atoms with E-state index in [0.717, 1.165) is 11.1 Å². The second kappa shape index (κ2) is 9.18. The topological polar surface area (TPSA) is 63.6 Å². The van der Waals surface area contributed by atoms with Crippen LogP contribution in [0.15, 0.2) is 60.7 Å². The van der Waals surface area contributed by atoms with Crippen LogP contribution < -0.4 is 0 Å². The lowest BCUT2D eigenvalue weighted by molar-refractivity contribution is -0.154. The number of esters is 1. The lowest BCUT2D eigenvalue weighted by atomic mass is 9.82. The van der Waals surface area contributed by atoms with Crippen LogP contribution in [-0.4, -0.2) is 17.0 Å². The summed E-state index contributed by atoms with van der Waals surface area (Å²) < 4.78 is 5.18. The Labute approximate surface area is 155 Å². The molecule has 0 unspecified atom stereocenters. The Morgan fingerprint density at radius 1 is 0.846 bits per heavy atom. The third-order valence-electron chi connectivity index (χ3n) is 4.02. The van der Waals surface area contributed by atoms with Crippen LogP contribution in [0.5, 0.6) is 0 Å². The average Bonchev–Trinajstić information content (AvgIpc) is 2.55. The van der Waals surface area contributed by atoms with Gasteiger partial charge >= 0.3 is 11.9 Å². The lowest BCUT2D eigenvalue weighted by Crippen LogP contribution is -2.23. The zero-order chi connectivity index (χ0) is 19.8. The highest BCUT2D eigenvalue weighted by Crippen LogP contribution is 2.26. The van der Waals surface area contributed by atoms with E-state index in [-0.39, 0.29) is 17.8 Å². The minimum atomic E-state index is -0.756. The predicted molar refractivity (Wildman–Crippen MR) is 103 cm³/mol. The Hall–Kier alpha value is -2.62. The minimum Gasteiger partial charge on any atom is -0.481 e. The van der Waals surface area contributed by atoms with Crippen molar-refractivity contribution < 1.29 is 19.4 Å². The third-order valence-corrected chi connectivity index (χ3v) is 4.02.